The largest absolute Gasteiger partial charge is 0.388 e. The highest BCUT2D eigenvalue weighted by Crippen LogP contribution is 2.33. The van der Waals surface area contributed by atoms with Gasteiger partial charge in [-0.15, -0.1) is 0 Å². The van der Waals surface area contributed by atoms with E-state index >= 15 is 0 Å². The van der Waals surface area contributed by atoms with Gasteiger partial charge in [-0.05, 0) is 70.2 Å². The Morgan fingerprint density at radius 1 is 1.10 bits per heavy atom. The fourth-order valence-corrected chi connectivity index (χ4v) is 5.80. The molecule has 3 N–H and O–H groups in total. The molecule has 30 heavy (non-hydrogen) atoms. The van der Waals surface area contributed by atoms with E-state index in [0.717, 1.165) is 65.0 Å². The van der Waals surface area contributed by atoms with Crippen LogP contribution in [0.1, 0.15) is 44.1 Å². The zero-order valence-electron chi connectivity index (χ0n) is 18.4. The summed E-state index contributed by atoms with van der Waals surface area (Å²) in [5, 5.41) is 11.3. The SMILES string of the molecule is Cc1ccc(N2CCC(O)(CN3CC[C@@H]4[C@@H](CCCCN4CC(N)=O)C3)CC2)cc1. The summed E-state index contributed by atoms with van der Waals surface area (Å²) >= 11 is 0. The predicted molar refractivity (Wildman–Crippen MR) is 121 cm³/mol. The number of hydrogen-bond acceptors (Lipinski definition) is 5. The quantitative estimate of drug-likeness (QED) is 0.771. The Labute approximate surface area is 181 Å². The number of nitrogens with zero attached hydrogens (tertiary/aromatic N) is 3. The zero-order chi connectivity index (χ0) is 21.1. The van der Waals surface area contributed by atoms with Gasteiger partial charge in [-0.1, -0.05) is 24.1 Å². The summed E-state index contributed by atoms with van der Waals surface area (Å²) in [6.07, 6.45) is 6.30. The van der Waals surface area contributed by atoms with Crippen molar-refractivity contribution < 1.29 is 9.90 Å². The monoisotopic (exact) mass is 414 g/mol. The summed E-state index contributed by atoms with van der Waals surface area (Å²) in [6.45, 7) is 8.11. The maximum Gasteiger partial charge on any atom is 0.231 e. The van der Waals surface area contributed by atoms with Crippen LogP contribution in [0.2, 0.25) is 0 Å². The third kappa shape index (κ3) is 5.16. The Kier molecular flexibility index (Phi) is 6.66. The smallest absolute Gasteiger partial charge is 0.231 e. The lowest BCUT2D eigenvalue weighted by molar-refractivity contribution is -0.120. The molecule has 3 heterocycles. The van der Waals surface area contributed by atoms with Gasteiger partial charge in [0.2, 0.25) is 5.91 Å². The molecule has 0 radical (unpaired) electrons. The lowest BCUT2D eigenvalue weighted by Gasteiger charge is -2.46. The van der Waals surface area contributed by atoms with Crippen molar-refractivity contribution in [1.29, 1.82) is 0 Å². The van der Waals surface area contributed by atoms with Gasteiger partial charge >= 0.3 is 0 Å². The van der Waals surface area contributed by atoms with Gasteiger partial charge in [0.15, 0.2) is 0 Å². The minimum Gasteiger partial charge on any atom is -0.388 e. The van der Waals surface area contributed by atoms with Crippen molar-refractivity contribution in [3.05, 3.63) is 29.8 Å². The van der Waals surface area contributed by atoms with Crippen molar-refractivity contribution in [3.8, 4) is 0 Å². The lowest BCUT2D eigenvalue weighted by Crippen LogP contribution is -2.56. The Morgan fingerprint density at radius 3 is 2.53 bits per heavy atom. The van der Waals surface area contributed by atoms with Crippen molar-refractivity contribution in [3.63, 3.8) is 0 Å². The van der Waals surface area contributed by atoms with Gasteiger partial charge in [0.05, 0.1) is 12.1 Å². The van der Waals surface area contributed by atoms with Crippen LogP contribution in [0.25, 0.3) is 0 Å². The third-order valence-electron chi connectivity index (χ3n) is 7.49. The predicted octanol–water partition coefficient (Wildman–Crippen LogP) is 1.99. The second kappa shape index (κ2) is 9.25. The molecule has 0 aliphatic carbocycles. The van der Waals surface area contributed by atoms with E-state index in [-0.39, 0.29) is 5.91 Å². The molecule has 166 valence electrons. The number of amides is 1. The molecule has 1 amide bonds. The number of benzene rings is 1. The molecule has 2 atom stereocenters. The third-order valence-corrected chi connectivity index (χ3v) is 7.49. The number of primary amides is 1. The minimum atomic E-state index is -0.592. The number of nitrogens with two attached hydrogens (primary N) is 1. The van der Waals surface area contributed by atoms with Crippen LogP contribution in [0.15, 0.2) is 24.3 Å². The summed E-state index contributed by atoms with van der Waals surface area (Å²) < 4.78 is 0. The molecule has 3 aliphatic heterocycles. The molecule has 3 fully saturated rings. The van der Waals surface area contributed by atoms with Gasteiger partial charge in [-0.3, -0.25) is 9.69 Å². The van der Waals surface area contributed by atoms with Gasteiger partial charge in [-0.2, -0.15) is 0 Å². The van der Waals surface area contributed by atoms with Crippen LogP contribution in [0.3, 0.4) is 0 Å². The van der Waals surface area contributed by atoms with E-state index < -0.39 is 5.60 Å². The Balaban J connectivity index is 1.32. The summed E-state index contributed by atoms with van der Waals surface area (Å²) in [5.41, 5.74) is 7.45. The molecule has 6 nitrogen and oxygen atoms in total. The van der Waals surface area contributed by atoms with Crippen LogP contribution in [0.4, 0.5) is 5.69 Å². The second-order valence-corrected chi connectivity index (χ2v) is 9.83. The fraction of sp³-hybridized carbons (Fsp3) is 0.708. The Hall–Kier alpha value is -1.63. The van der Waals surface area contributed by atoms with Crippen molar-refractivity contribution in [2.75, 3.05) is 50.7 Å². The van der Waals surface area contributed by atoms with E-state index in [2.05, 4.69) is 45.9 Å². The van der Waals surface area contributed by atoms with Crippen molar-refractivity contribution in [1.82, 2.24) is 9.80 Å². The maximum absolute atomic E-state index is 11.5. The molecule has 0 spiro atoms. The maximum atomic E-state index is 11.5. The van der Waals surface area contributed by atoms with Gasteiger partial charge in [0, 0.05) is 37.9 Å². The number of aryl methyl sites for hydroxylation is 1. The summed E-state index contributed by atoms with van der Waals surface area (Å²) in [5.74, 6) is 0.365. The Bertz CT molecular complexity index is 714. The molecule has 3 saturated heterocycles. The first-order valence-corrected chi connectivity index (χ1v) is 11.7. The van der Waals surface area contributed by atoms with Gasteiger partial charge in [-0.25, -0.2) is 0 Å². The highest BCUT2D eigenvalue weighted by atomic mass is 16.3. The number of carbonyl (C=O) groups is 1. The van der Waals surface area contributed by atoms with Crippen LogP contribution >= 0.6 is 0 Å². The van der Waals surface area contributed by atoms with Crippen LogP contribution in [0, 0.1) is 12.8 Å². The zero-order valence-corrected chi connectivity index (χ0v) is 18.4. The minimum absolute atomic E-state index is 0.215. The number of fused-ring (bicyclic) bond motifs is 1. The highest BCUT2D eigenvalue weighted by Gasteiger charge is 2.39. The van der Waals surface area contributed by atoms with E-state index in [9.17, 15) is 9.90 Å². The molecule has 1 aromatic rings. The highest BCUT2D eigenvalue weighted by molar-refractivity contribution is 5.76. The number of aliphatic hydroxyl groups is 1. The van der Waals surface area contributed by atoms with Crippen molar-refractivity contribution >= 4 is 11.6 Å². The standard InChI is InChI=1S/C24H38N4O2/c1-19-5-7-21(8-6-19)27-14-10-24(30,11-15-27)18-26-13-9-22-20(16-26)4-2-3-12-28(22)17-23(25)29/h5-8,20,22,30H,2-4,9-18H2,1H3,(H2,25,29)/t20-,22+/m0/s1. The number of rotatable bonds is 5. The molecule has 0 aromatic heterocycles. The molecular weight excluding hydrogens is 376 g/mol. The number of β-amino-alcohol motifs (C(OH)–C–C–N with tert-alkyl or cyclic N) is 1. The van der Waals surface area contributed by atoms with E-state index in [0.29, 0.717) is 18.5 Å². The number of anilines is 1. The Morgan fingerprint density at radius 2 is 1.83 bits per heavy atom. The normalized spacial score (nSPS) is 28.0. The van der Waals surface area contributed by atoms with Crippen LogP contribution < -0.4 is 10.6 Å². The average Bonchev–Trinajstić information content (AvgIpc) is 2.90. The molecular formula is C24H38N4O2. The molecule has 0 bridgehead atoms. The lowest BCUT2D eigenvalue weighted by atomic mass is 9.85. The molecule has 0 saturated carbocycles. The number of piperidine rings is 2. The topological polar surface area (TPSA) is 73.0 Å². The summed E-state index contributed by atoms with van der Waals surface area (Å²) in [6, 6.07) is 9.17. The van der Waals surface area contributed by atoms with E-state index in [1.165, 1.54) is 24.1 Å². The second-order valence-electron chi connectivity index (χ2n) is 9.83. The van der Waals surface area contributed by atoms with E-state index in [4.69, 9.17) is 5.73 Å². The van der Waals surface area contributed by atoms with Crippen LogP contribution in [0.5, 0.6) is 0 Å². The first kappa shape index (κ1) is 21.6. The van der Waals surface area contributed by atoms with Crippen LogP contribution in [-0.4, -0.2) is 78.3 Å². The number of hydrogen-bond donors (Lipinski definition) is 2. The van der Waals surface area contributed by atoms with E-state index in [1.54, 1.807) is 0 Å². The molecule has 1 aromatic carbocycles. The number of likely N-dealkylation sites (tertiary alicyclic amines) is 2. The molecule has 3 aliphatic rings. The average molecular weight is 415 g/mol. The number of carbonyl (C=O) groups excluding carboxylic acids is 1. The van der Waals surface area contributed by atoms with Crippen molar-refractivity contribution in [2.24, 2.45) is 11.7 Å². The first-order chi connectivity index (χ1) is 14.4. The summed E-state index contributed by atoms with van der Waals surface area (Å²) in [7, 11) is 0. The van der Waals surface area contributed by atoms with Gasteiger partial charge in [0.25, 0.3) is 0 Å². The van der Waals surface area contributed by atoms with E-state index in [1.807, 2.05) is 0 Å². The van der Waals surface area contributed by atoms with Crippen molar-refractivity contribution in [2.45, 2.75) is 57.1 Å². The van der Waals surface area contributed by atoms with Gasteiger partial charge in [0.1, 0.15) is 0 Å². The summed E-state index contributed by atoms with van der Waals surface area (Å²) in [4.78, 5) is 18.7. The first-order valence-electron chi connectivity index (χ1n) is 11.7. The molecule has 0 unspecified atom stereocenters. The van der Waals surface area contributed by atoms with Gasteiger partial charge < -0.3 is 20.6 Å². The fourth-order valence-electron chi connectivity index (χ4n) is 5.80. The molecule has 4 rings (SSSR count). The van der Waals surface area contributed by atoms with Crippen LogP contribution in [-0.2, 0) is 4.79 Å². The molecule has 6 heteroatoms.